The molecule has 3 rings (SSSR count). The largest absolute Gasteiger partial charge is 0.494 e. The lowest BCUT2D eigenvalue weighted by Gasteiger charge is -2.04. The van der Waals surface area contributed by atoms with Gasteiger partial charge in [0.05, 0.1) is 11.3 Å². The van der Waals surface area contributed by atoms with E-state index < -0.39 is 0 Å². The molecule has 0 amide bonds. The average Bonchev–Trinajstić information content (AvgIpc) is 2.80. The molecule has 0 saturated heterocycles. The van der Waals surface area contributed by atoms with Crippen LogP contribution in [0, 0.1) is 0 Å². The molecule has 0 aliphatic rings. The summed E-state index contributed by atoms with van der Waals surface area (Å²) < 4.78 is 0. The summed E-state index contributed by atoms with van der Waals surface area (Å²) >= 11 is 0. The summed E-state index contributed by atoms with van der Waals surface area (Å²) in [6, 6.07) is 15.9. The zero-order chi connectivity index (χ0) is 14.8. The van der Waals surface area contributed by atoms with E-state index in [-0.39, 0.29) is 5.88 Å². The minimum atomic E-state index is 0.158. The van der Waals surface area contributed by atoms with Gasteiger partial charge in [-0.05, 0) is 29.7 Å². The normalized spacial score (nSPS) is 11.8. The molecule has 0 bridgehead atoms. The fourth-order valence-electron chi connectivity index (χ4n) is 2.37. The van der Waals surface area contributed by atoms with Crippen LogP contribution < -0.4 is 0 Å². The monoisotopic (exact) mass is 278 g/mol. The molecule has 0 spiro atoms. The molecule has 2 aromatic carbocycles. The molecule has 2 N–H and O–H groups in total. The van der Waals surface area contributed by atoms with Gasteiger partial charge in [0, 0.05) is 17.1 Å². The minimum absolute atomic E-state index is 0.158. The molecule has 106 valence electrons. The van der Waals surface area contributed by atoms with Crippen molar-refractivity contribution in [1.82, 2.24) is 4.98 Å². The Morgan fingerprint density at radius 1 is 1.10 bits per heavy atom. The van der Waals surface area contributed by atoms with E-state index in [4.69, 9.17) is 0 Å². The van der Waals surface area contributed by atoms with E-state index in [1.165, 1.54) is 5.56 Å². The molecule has 3 aromatic rings. The van der Waals surface area contributed by atoms with Gasteiger partial charge in [0.1, 0.15) is 0 Å². The lowest BCUT2D eigenvalue weighted by Crippen LogP contribution is -1.86. The van der Waals surface area contributed by atoms with E-state index in [9.17, 15) is 5.11 Å². The van der Waals surface area contributed by atoms with Gasteiger partial charge in [-0.3, -0.25) is 4.99 Å². The topological polar surface area (TPSA) is 48.4 Å². The summed E-state index contributed by atoms with van der Waals surface area (Å²) in [5, 5.41) is 11.1. The van der Waals surface area contributed by atoms with Crippen LogP contribution in [0.2, 0.25) is 0 Å². The van der Waals surface area contributed by atoms with Crippen LogP contribution >= 0.6 is 0 Å². The maximum atomic E-state index is 10.1. The molecule has 21 heavy (non-hydrogen) atoms. The number of aromatic nitrogens is 1. The van der Waals surface area contributed by atoms with Crippen molar-refractivity contribution in [2.24, 2.45) is 4.99 Å². The Balaban J connectivity index is 2.03. The molecule has 0 radical (unpaired) electrons. The summed E-state index contributed by atoms with van der Waals surface area (Å²) in [6.07, 6.45) is 1.71. The lowest BCUT2D eigenvalue weighted by atomic mass is 10.0. The minimum Gasteiger partial charge on any atom is -0.494 e. The van der Waals surface area contributed by atoms with E-state index >= 15 is 0 Å². The van der Waals surface area contributed by atoms with Crippen molar-refractivity contribution in [2.75, 3.05) is 0 Å². The van der Waals surface area contributed by atoms with Crippen LogP contribution in [0.4, 0.5) is 5.69 Å². The highest BCUT2D eigenvalue weighted by atomic mass is 16.3. The van der Waals surface area contributed by atoms with Crippen molar-refractivity contribution in [1.29, 1.82) is 0 Å². The number of aromatic hydroxyl groups is 1. The fourth-order valence-corrected chi connectivity index (χ4v) is 2.37. The summed E-state index contributed by atoms with van der Waals surface area (Å²) in [6.45, 7) is 4.31. The van der Waals surface area contributed by atoms with E-state index in [2.05, 4.69) is 36.0 Å². The number of H-pyrrole nitrogens is 1. The Bertz CT molecular complexity index is 786. The summed E-state index contributed by atoms with van der Waals surface area (Å²) in [5.41, 5.74) is 3.78. The molecule has 0 aliphatic heterocycles. The molecule has 1 heterocycles. The van der Waals surface area contributed by atoms with Crippen molar-refractivity contribution in [3.63, 3.8) is 0 Å². The zero-order valence-electron chi connectivity index (χ0n) is 12.2. The molecular weight excluding hydrogens is 260 g/mol. The molecule has 0 saturated carbocycles. The Hall–Kier alpha value is -2.55. The van der Waals surface area contributed by atoms with Crippen molar-refractivity contribution in [3.8, 4) is 5.88 Å². The van der Waals surface area contributed by atoms with Crippen LogP contribution in [0.5, 0.6) is 5.88 Å². The lowest BCUT2D eigenvalue weighted by molar-refractivity contribution is 0.457. The Morgan fingerprint density at radius 3 is 2.57 bits per heavy atom. The summed E-state index contributed by atoms with van der Waals surface area (Å²) in [7, 11) is 0. The van der Waals surface area contributed by atoms with Gasteiger partial charge in [-0.15, -0.1) is 0 Å². The Labute approximate surface area is 124 Å². The number of hydrogen-bond donors (Lipinski definition) is 2. The van der Waals surface area contributed by atoms with Crippen LogP contribution in [0.3, 0.4) is 0 Å². The summed E-state index contributed by atoms with van der Waals surface area (Å²) in [4.78, 5) is 7.44. The Kier molecular flexibility index (Phi) is 3.48. The predicted molar refractivity (Wildman–Crippen MR) is 87.7 cm³/mol. The maximum absolute atomic E-state index is 10.1. The third kappa shape index (κ3) is 2.68. The van der Waals surface area contributed by atoms with Crippen LogP contribution in [-0.4, -0.2) is 16.3 Å². The first-order valence-corrected chi connectivity index (χ1v) is 7.09. The number of para-hydroxylation sites is 1. The molecule has 3 nitrogen and oxygen atoms in total. The highest BCUT2D eigenvalue weighted by Crippen LogP contribution is 2.29. The first kappa shape index (κ1) is 13.4. The average molecular weight is 278 g/mol. The number of fused-ring (bicyclic) bond motifs is 1. The smallest absolute Gasteiger partial charge is 0.198 e. The van der Waals surface area contributed by atoms with Crippen molar-refractivity contribution >= 4 is 22.8 Å². The van der Waals surface area contributed by atoms with Gasteiger partial charge in [-0.25, -0.2) is 0 Å². The predicted octanol–water partition coefficient (Wildman–Crippen LogP) is 4.75. The van der Waals surface area contributed by atoms with Crippen LogP contribution in [0.25, 0.3) is 10.9 Å². The van der Waals surface area contributed by atoms with Gasteiger partial charge in [0.15, 0.2) is 5.88 Å². The van der Waals surface area contributed by atoms with Crippen molar-refractivity contribution in [3.05, 3.63) is 59.7 Å². The zero-order valence-corrected chi connectivity index (χ0v) is 12.2. The van der Waals surface area contributed by atoms with Gasteiger partial charge in [-0.2, -0.15) is 0 Å². The van der Waals surface area contributed by atoms with Crippen LogP contribution in [0.1, 0.15) is 30.9 Å². The molecule has 0 aliphatic carbocycles. The van der Waals surface area contributed by atoms with Gasteiger partial charge in [0.2, 0.25) is 0 Å². The molecule has 0 fully saturated rings. The number of aliphatic imine (C=N–C) groups is 1. The maximum Gasteiger partial charge on any atom is 0.198 e. The van der Waals surface area contributed by atoms with E-state index in [1.807, 2.05) is 36.4 Å². The second-order valence-corrected chi connectivity index (χ2v) is 5.44. The fraction of sp³-hybridized carbons (Fsp3) is 0.167. The van der Waals surface area contributed by atoms with Gasteiger partial charge in [0.25, 0.3) is 0 Å². The van der Waals surface area contributed by atoms with Gasteiger partial charge >= 0.3 is 0 Å². The number of nitrogens with one attached hydrogen (secondary N) is 1. The first-order chi connectivity index (χ1) is 10.1. The SMILES string of the molecule is CC(C)c1ccc2c(C=Nc3ccccc3)c(O)[nH]c2c1. The van der Waals surface area contributed by atoms with Gasteiger partial charge in [-0.1, -0.05) is 44.2 Å². The number of benzene rings is 2. The molecule has 0 unspecified atom stereocenters. The second-order valence-electron chi connectivity index (χ2n) is 5.44. The number of aromatic amines is 1. The number of rotatable bonds is 3. The van der Waals surface area contributed by atoms with Gasteiger partial charge < -0.3 is 10.1 Å². The second kappa shape index (κ2) is 5.44. The standard InChI is InChI=1S/C18H18N2O/c1-12(2)13-8-9-15-16(18(21)20-17(15)10-13)11-19-14-6-4-3-5-7-14/h3-12,20-21H,1-2H3. The molecule has 0 atom stereocenters. The third-order valence-electron chi connectivity index (χ3n) is 3.61. The van der Waals surface area contributed by atoms with Crippen LogP contribution in [-0.2, 0) is 0 Å². The highest BCUT2D eigenvalue weighted by molar-refractivity contribution is 6.02. The summed E-state index contributed by atoms with van der Waals surface area (Å²) in [5.74, 6) is 0.617. The van der Waals surface area contributed by atoms with E-state index in [0.29, 0.717) is 5.92 Å². The number of hydrogen-bond acceptors (Lipinski definition) is 2. The first-order valence-electron chi connectivity index (χ1n) is 7.09. The third-order valence-corrected chi connectivity index (χ3v) is 3.61. The van der Waals surface area contributed by atoms with Crippen LogP contribution in [0.15, 0.2) is 53.5 Å². The molecule has 1 aromatic heterocycles. The van der Waals surface area contributed by atoms with Crippen molar-refractivity contribution in [2.45, 2.75) is 19.8 Å². The molecular formula is C18H18N2O. The quantitative estimate of drug-likeness (QED) is 0.667. The number of nitrogens with zero attached hydrogens (tertiary/aromatic N) is 1. The van der Waals surface area contributed by atoms with E-state index in [0.717, 1.165) is 22.2 Å². The Morgan fingerprint density at radius 2 is 1.86 bits per heavy atom. The highest BCUT2D eigenvalue weighted by Gasteiger charge is 2.10. The van der Waals surface area contributed by atoms with Crippen molar-refractivity contribution < 1.29 is 5.11 Å². The molecule has 3 heteroatoms. The van der Waals surface area contributed by atoms with E-state index in [1.54, 1.807) is 6.21 Å².